The summed E-state index contributed by atoms with van der Waals surface area (Å²) < 4.78 is 16.5. The van der Waals surface area contributed by atoms with Crippen molar-refractivity contribution in [2.75, 3.05) is 27.4 Å². The molecular weight excluding hydrogens is 306 g/mol. The zero-order valence-electron chi connectivity index (χ0n) is 15.3. The standard InChI is InChI=1S/C19H29NO4/c1-12(2)18-14(7-6-8-24-18)11-20-19(21)15-10-17(23-5)16(22-4)9-13(15)3/h9-10,12,14,18H,6-8,11H2,1-5H3,(H,20,21). The maximum absolute atomic E-state index is 12.6. The molecule has 1 heterocycles. The number of aryl methyl sites for hydroxylation is 1. The summed E-state index contributed by atoms with van der Waals surface area (Å²) >= 11 is 0. The van der Waals surface area contributed by atoms with Crippen LogP contribution in [-0.4, -0.2) is 39.4 Å². The van der Waals surface area contributed by atoms with E-state index in [0.29, 0.717) is 35.4 Å². The Morgan fingerprint density at radius 3 is 2.58 bits per heavy atom. The summed E-state index contributed by atoms with van der Waals surface area (Å²) in [6, 6.07) is 3.56. The Morgan fingerprint density at radius 1 is 1.29 bits per heavy atom. The van der Waals surface area contributed by atoms with Crippen molar-refractivity contribution < 1.29 is 19.0 Å². The van der Waals surface area contributed by atoms with Gasteiger partial charge in [-0.2, -0.15) is 0 Å². The quantitative estimate of drug-likeness (QED) is 0.867. The minimum absolute atomic E-state index is 0.0819. The highest BCUT2D eigenvalue weighted by molar-refractivity contribution is 5.96. The van der Waals surface area contributed by atoms with E-state index in [1.54, 1.807) is 20.3 Å². The molecule has 1 aromatic carbocycles. The fourth-order valence-corrected chi connectivity index (χ4v) is 3.36. The predicted molar refractivity (Wildman–Crippen MR) is 93.9 cm³/mol. The first-order chi connectivity index (χ1) is 11.5. The summed E-state index contributed by atoms with van der Waals surface area (Å²) in [5.74, 6) is 1.93. The number of ether oxygens (including phenoxy) is 3. The van der Waals surface area contributed by atoms with Crippen LogP contribution in [0.2, 0.25) is 0 Å². The van der Waals surface area contributed by atoms with Gasteiger partial charge in [-0.25, -0.2) is 0 Å². The molecule has 1 N–H and O–H groups in total. The molecule has 2 unspecified atom stereocenters. The van der Waals surface area contributed by atoms with Crippen molar-refractivity contribution in [1.82, 2.24) is 5.32 Å². The van der Waals surface area contributed by atoms with Gasteiger partial charge in [-0.3, -0.25) is 4.79 Å². The van der Waals surface area contributed by atoms with E-state index in [1.807, 2.05) is 13.0 Å². The molecular formula is C19H29NO4. The number of hydrogen-bond acceptors (Lipinski definition) is 4. The van der Waals surface area contributed by atoms with Crippen LogP contribution in [-0.2, 0) is 4.74 Å². The van der Waals surface area contributed by atoms with Gasteiger partial charge in [0, 0.05) is 24.6 Å². The van der Waals surface area contributed by atoms with Crippen LogP contribution >= 0.6 is 0 Å². The smallest absolute Gasteiger partial charge is 0.251 e. The molecule has 1 aliphatic rings. The molecule has 0 aliphatic carbocycles. The lowest BCUT2D eigenvalue weighted by atomic mass is 9.87. The van der Waals surface area contributed by atoms with Crippen LogP contribution in [0.15, 0.2) is 12.1 Å². The summed E-state index contributed by atoms with van der Waals surface area (Å²) in [5.41, 5.74) is 1.48. The number of carbonyl (C=O) groups is 1. The third-order valence-corrected chi connectivity index (χ3v) is 4.65. The van der Waals surface area contributed by atoms with Crippen LogP contribution in [0.25, 0.3) is 0 Å². The van der Waals surface area contributed by atoms with E-state index in [4.69, 9.17) is 14.2 Å². The van der Waals surface area contributed by atoms with Gasteiger partial charge in [-0.05, 0) is 43.4 Å². The highest BCUT2D eigenvalue weighted by atomic mass is 16.5. The van der Waals surface area contributed by atoms with Gasteiger partial charge in [-0.1, -0.05) is 13.8 Å². The average molecular weight is 335 g/mol. The topological polar surface area (TPSA) is 56.8 Å². The Morgan fingerprint density at radius 2 is 1.96 bits per heavy atom. The van der Waals surface area contributed by atoms with Crippen molar-refractivity contribution >= 4 is 5.91 Å². The van der Waals surface area contributed by atoms with Crippen LogP contribution in [0.3, 0.4) is 0 Å². The summed E-state index contributed by atoms with van der Waals surface area (Å²) in [6.45, 7) is 7.70. The van der Waals surface area contributed by atoms with Crippen molar-refractivity contribution in [2.45, 2.75) is 39.7 Å². The van der Waals surface area contributed by atoms with E-state index in [9.17, 15) is 4.79 Å². The summed E-state index contributed by atoms with van der Waals surface area (Å²) in [4.78, 5) is 12.6. The molecule has 5 heteroatoms. The molecule has 1 amide bonds. The lowest BCUT2D eigenvalue weighted by molar-refractivity contribution is -0.0510. The third-order valence-electron chi connectivity index (χ3n) is 4.65. The molecule has 1 saturated heterocycles. The van der Waals surface area contributed by atoms with Crippen molar-refractivity contribution in [2.24, 2.45) is 11.8 Å². The number of rotatable bonds is 6. The van der Waals surface area contributed by atoms with Crippen LogP contribution < -0.4 is 14.8 Å². The SMILES string of the molecule is COc1cc(C)c(C(=O)NCC2CCCOC2C(C)C)cc1OC. The molecule has 0 spiro atoms. The highest BCUT2D eigenvalue weighted by Crippen LogP contribution is 2.30. The van der Waals surface area contributed by atoms with Gasteiger partial charge < -0.3 is 19.5 Å². The van der Waals surface area contributed by atoms with Gasteiger partial charge in [0.1, 0.15) is 0 Å². The molecule has 0 aromatic heterocycles. The van der Waals surface area contributed by atoms with Crippen molar-refractivity contribution in [3.8, 4) is 11.5 Å². The lowest BCUT2D eigenvalue weighted by Gasteiger charge is -2.34. The molecule has 2 rings (SSSR count). The van der Waals surface area contributed by atoms with Crippen molar-refractivity contribution in [1.29, 1.82) is 0 Å². The summed E-state index contributed by atoms with van der Waals surface area (Å²) in [7, 11) is 3.16. The molecule has 2 atom stereocenters. The number of methoxy groups -OCH3 is 2. The Bertz CT molecular complexity index is 571. The third kappa shape index (κ3) is 4.20. The Labute approximate surface area is 144 Å². The van der Waals surface area contributed by atoms with Gasteiger partial charge in [0.15, 0.2) is 11.5 Å². The molecule has 134 valence electrons. The van der Waals surface area contributed by atoms with E-state index in [1.165, 1.54) is 0 Å². The largest absolute Gasteiger partial charge is 0.493 e. The van der Waals surface area contributed by atoms with Crippen LogP contribution in [0.4, 0.5) is 0 Å². The maximum Gasteiger partial charge on any atom is 0.251 e. The van der Waals surface area contributed by atoms with Crippen LogP contribution in [0, 0.1) is 18.8 Å². The molecule has 1 aromatic rings. The number of carbonyl (C=O) groups excluding carboxylic acids is 1. The Kier molecular flexibility index (Phi) is 6.49. The second kappa shape index (κ2) is 8.38. The average Bonchev–Trinajstić information content (AvgIpc) is 2.59. The fraction of sp³-hybridized carbons (Fsp3) is 0.632. The number of amides is 1. The molecule has 1 fully saturated rings. The Hall–Kier alpha value is -1.75. The highest BCUT2D eigenvalue weighted by Gasteiger charge is 2.29. The predicted octanol–water partition coefficient (Wildman–Crippen LogP) is 3.19. The minimum Gasteiger partial charge on any atom is -0.493 e. The van der Waals surface area contributed by atoms with E-state index in [0.717, 1.165) is 25.0 Å². The zero-order chi connectivity index (χ0) is 17.7. The van der Waals surface area contributed by atoms with Crippen molar-refractivity contribution in [3.63, 3.8) is 0 Å². The molecule has 24 heavy (non-hydrogen) atoms. The molecule has 0 bridgehead atoms. The number of nitrogens with one attached hydrogen (secondary N) is 1. The first-order valence-electron chi connectivity index (χ1n) is 8.60. The van der Waals surface area contributed by atoms with E-state index < -0.39 is 0 Å². The van der Waals surface area contributed by atoms with Gasteiger partial charge in [0.05, 0.1) is 20.3 Å². The van der Waals surface area contributed by atoms with Gasteiger partial charge in [0.25, 0.3) is 5.91 Å². The first kappa shape index (κ1) is 18.6. The van der Waals surface area contributed by atoms with Crippen LogP contribution in [0.5, 0.6) is 11.5 Å². The second-order valence-electron chi connectivity index (χ2n) is 6.71. The van der Waals surface area contributed by atoms with Crippen molar-refractivity contribution in [3.05, 3.63) is 23.3 Å². The van der Waals surface area contributed by atoms with Gasteiger partial charge in [-0.15, -0.1) is 0 Å². The van der Waals surface area contributed by atoms with E-state index >= 15 is 0 Å². The number of benzene rings is 1. The molecule has 5 nitrogen and oxygen atoms in total. The fourth-order valence-electron chi connectivity index (χ4n) is 3.36. The summed E-state index contributed by atoms with van der Waals surface area (Å²) in [5, 5.41) is 3.07. The van der Waals surface area contributed by atoms with E-state index in [2.05, 4.69) is 19.2 Å². The minimum atomic E-state index is -0.0819. The maximum atomic E-state index is 12.6. The molecule has 1 aliphatic heterocycles. The second-order valence-corrected chi connectivity index (χ2v) is 6.71. The van der Waals surface area contributed by atoms with Gasteiger partial charge in [0.2, 0.25) is 0 Å². The molecule has 0 saturated carbocycles. The number of hydrogen-bond donors (Lipinski definition) is 1. The van der Waals surface area contributed by atoms with E-state index in [-0.39, 0.29) is 12.0 Å². The van der Waals surface area contributed by atoms with Crippen LogP contribution in [0.1, 0.15) is 42.6 Å². The lowest BCUT2D eigenvalue weighted by Crippen LogP contribution is -2.41. The normalized spacial score (nSPS) is 20.8. The van der Waals surface area contributed by atoms with Gasteiger partial charge >= 0.3 is 0 Å². The monoisotopic (exact) mass is 335 g/mol. The Balaban J connectivity index is 2.07. The summed E-state index contributed by atoms with van der Waals surface area (Å²) in [6.07, 6.45) is 2.36. The zero-order valence-corrected chi connectivity index (χ0v) is 15.3. The molecule has 0 radical (unpaired) electrons. The first-order valence-corrected chi connectivity index (χ1v) is 8.60.